The molecule has 7 nitrogen and oxygen atoms in total. The summed E-state index contributed by atoms with van der Waals surface area (Å²) in [7, 11) is 0. The quantitative estimate of drug-likeness (QED) is 0.426. The van der Waals surface area contributed by atoms with Crippen molar-refractivity contribution in [3.8, 4) is 11.5 Å². The van der Waals surface area contributed by atoms with Crippen molar-refractivity contribution in [3.63, 3.8) is 0 Å². The molecule has 0 radical (unpaired) electrons. The molecular formula is C26H25N3O4. The number of anilines is 1. The lowest BCUT2D eigenvalue weighted by Crippen LogP contribution is -2.74. The van der Waals surface area contributed by atoms with Crippen LogP contribution in [0.2, 0.25) is 0 Å². The second-order valence-corrected chi connectivity index (χ2v) is 9.48. The number of hydrogen-bond acceptors (Lipinski definition) is 6. The number of rotatable bonds is 0. The molecule has 2 aliphatic carbocycles. The summed E-state index contributed by atoms with van der Waals surface area (Å²) >= 11 is 0. The van der Waals surface area contributed by atoms with Crippen LogP contribution in [0.1, 0.15) is 59.1 Å². The van der Waals surface area contributed by atoms with Crippen LogP contribution >= 0.6 is 0 Å². The molecule has 3 aliphatic heterocycles. The number of phenolic OH excluding ortho intramolecular Hbond substituents is 1. The number of aliphatic hydroxyl groups is 1. The Hall–Kier alpha value is -3.16. The summed E-state index contributed by atoms with van der Waals surface area (Å²) in [4.78, 5) is 17.6. The van der Waals surface area contributed by atoms with Crippen LogP contribution < -0.4 is 15.4 Å². The largest absolute Gasteiger partial charge is 0.504 e. The molecule has 168 valence electrons. The topological polar surface area (TPSA) is 104 Å². The first-order valence-corrected chi connectivity index (χ1v) is 11.8. The number of benzene rings is 2. The van der Waals surface area contributed by atoms with Gasteiger partial charge in [0.25, 0.3) is 5.91 Å². The van der Waals surface area contributed by atoms with Crippen molar-refractivity contribution in [3.05, 3.63) is 58.3 Å². The lowest BCUT2D eigenvalue weighted by molar-refractivity contribution is -0.134. The third-order valence-electron chi connectivity index (χ3n) is 8.36. The molecule has 4 atom stereocenters. The number of hydrogen-bond donors (Lipinski definition) is 4. The van der Waals surface area contributed by atoms with Gasteiger partial charge in [-0.15, -0.1) is 0 Å². The van der Waals surface area contributed by atoms with E-state index in [0.717, 1.165) is 45.5 Å². The maximum absolute atomic E-state index is 12.6. The van der Waals surface area contributed by atoms with Gasteiger partial charge in [0, 0.05) is 29.0 Å². The summed E-state index contributed by atoms with van der Waals surface area (Å²) in [5.41, 5.74) is 3.99. The third kappa shape index (κ3) is 1.96. The van der Waals surface area contributed by atoms with E-state index in [0.29, 0.717) is 30.6 Å². The number of aromatic hydroxyl groups is 1. The number of carbonyl (C=O) groups is 1. The van der Waals surface area contributed by atoms with Crippen LogP contribution in [0, 0.1) is 0 Å². The minimum Gasteiger partial charge on any atom is -0.504 e. The number of amides is 1. The van der Waals surface area contributed by atoms with Crippen LogP contribution in [0.4, 0.5) is 5.69 Å². The van der Waals surface area contributed by atoms with E-state index in [9.17, 15) is 15.0 Å². The van der Waals surface area contributed by atoms with Crippen molar-refractivity contribution >= 4 is 22.5 Å². The molecule has 2 aromatic carbocycles. The molecule has 1 aromatic heterocycles. The van der Waals surface area contributed by atoms with Crippen LogP contribution in [0.25, 0.3) is 10.9 Å². The predicted octanol–water partition coefficient (Wildman–Crippen LogP) is 3.11. The summed E-state index contributed by atoms with van der Waals surface area (Å²) in [5, 5.41) is 30.4. The number of carbonyl (C=O) groups excluding carboxylic acids is 1. The zero-order valence-corrected chi connectivity index (χ0v) is 18.5. The van der Waals surface area contributed by atoms with E-state index in [4.69, 9.17) is 9.72 Å². The normalized spacial score (nSPS) is 31.2. The standard InChI is InChI=1S/C24H19N3O4.C2H6/c28-14-5-4-10-8-15-24(30)9-12-18-16-11(22(29)27-18)2-1-3-13(16)26-19(12)21-23(24,6-7-25-15)17(10)20(14)31-21;1-2/h1-5,15,21,25,28,30H,6-9H2,(H,27,29);1-2H3/t15-,21+,23+,24-;/m1./s1. The molecule has 1 fully saturated rings. The molecular weight excluding hydrogens is 418 g/mol. The van der Waals surface area contributed by atoms with E-state index >= 15 is 0 Å². The highest BCUT2D eigenvalue weighted by Crippen LogP contribution is 2.68. The predicted molar refractivity (Wildman–Crippen MR) is 123 cm³/mol. The van der Waals surface area contributed by atoms with E-state index in [-0.39, 0.29) is 17.7 Å². The zero-order valence-electron chi connectivity index (χ0n) is 18.5. The van der Waals surface area contributed by atoms with Crippen LogP contribution in [0.15, 0.2) is 30.3 Å². The number of ether oxygens (including phenoxy) is 1. The van der Waals surface area contributed by atoms with Crippen molar-refractivity contribution in [2.24, 2.45) is 0 Å². The number of piperidine rings is 1. The SMILES string of the molecule is CC.O=C1Nc2c3c(nc4cccc1c24)[C@@H]1Oc2c(O)ccc4c2[C@@]12CCN[C@H](C4)[C@]2(O)C3. The first kappa shape index (κ1) is 19.3. The van der Waals surface area contributed by atoms with Crippen molar-refractivity contribution in [2.45, 2.75) is 56.3 Å². The fourth-order valence-electron chi connectivity index (χ4n) is 7.16. The van der Waals surface area contributed by atoms with Crippen LogP contribution in [0.3, 0.4) is 0 Å². The van der Waals surface area contributed by atoms with Gasteiger partial charge in [-0.1, -0.05) is 26.0 Å². The van der Waals surface area contributed by atoms with Crippen molar-refractivity contribution < 1.29 is 19.7 Å². The average Bonchev–Trinajstić information content (AvgIpc) is 3.34. The van der Waals surface area contributed by atoms with Crippen LogP contribution in [-0.4, -0.2) is 39.3 Å². The van der Waals surface area contributed by atoms with Gasteiger partial charge in [-0.25, -0.2) is 4.98 Å². The summed E-state index contributed by atoms with van der Waals surface area (Å²) in [6, 6.07) is 9.07. The van der Waals surface area contributed by atoms with Gasteiger partial charge in [0.15, 0.2) is 17.6 Å². The van der Waals surface area contributed by atoms with Crippen LogP contribution in [0.5, 0.6) is 11.5 Å². The van der Waals surface area contributed by atoms with Gasteiger partial charge in [0.1, 0.15) is 0 Å². The Bertz CT molecular complexity index is 1400. The molecule has 5 aliphatic rings. The lowest BCUT2D eigenvalue weighted by atomic mass is 9.49. The van der Waals surface area contributed by atoms with Gasteiger partial charge in [0.2, 0.25) is 0 Å². The minimum absolute atomic E-state index is 0.101. The summed E-state index contributed by atoms with van der Waals surface area (Å²) < 4.78 is 6.48. The molecule has 7 heteroatoms. The second kappa shape index (κ2) is 6.04. The molecule has 0 unspecified atom stereocenters. The average molecular weight is 444 g/mol. The maximum atomic E-state index is 12.6. The smallest absolute Gasteiger partial charge is 0.256 e. The molecule has 4 heterocycles. The number of nitrogens with zero attached hydrogens (tertiary/aromatic N) is 1. The van der Waals surface area contributed by atoms with E-state index in [1.54, 1.807) is 6.07 Å². The number of pyridine rings is 1. The molecule has 1 amide bonds. The minimum atomic E-state index is -1.11. The number of nitrogens with one attached hydrogen (secondary N) is 2. The first-order valence-electron chi connectivity index (χ1n) is 11.8. The Labute approximate surface area is 190 Å². The number of fused-ring (bicyclic) bond motifs is 3. The molecule has 0 saturated carbocycles. The van der Waals surface area contributed by atoms with E-state index < -0.39 is 17.1 Å². The first-order chi connectivity index (χ1) is 16.0. The maximum Gasteiger partial charge on any atom is 0.256 e. The molecule has 8 rings (SSSR count). The zero-order chi connectivity index (χ0) is 22.7. The van der Waals surface area contributed by atoms with Crippen LogP contribution in [-0.2, 0) is 18.3 Å². The van der Waals surface area contributed by atoms with Crippen molar-refractivity contribution in [1.82, 2.24) is 10.3 Å². The van der Waals surface area contributed by atoms with Gasteiger partial charge < -0.3 is 25.6 Å². The fraction of sp³-hybridized carbons (Fsp3) is 0.385. The second-order valence-electron chi connectivity index (χ2n) is 9.48. The Kier molecular flexibility index (Phi) is 3.54. The van der Waals surface area contributed by atoms with Crippen molar-refractivity contribution in [1.29, 1.82) is 0 Å². The molecule has 1 spiro atoms. The number of aromatic nitrogens is 1. The van der Waals surface area contributed by atoms with Gasteiger partial charge in [-0.05, 0) is 43.1 Å². The summed E-state index contributed by atoms with van der Waals surface area (Å²) in [6.07, 6.45) is 1.21. The Balaban J connectivity index is 0.000000928. The molecule has 33 heavy (non-hydrogen) atoms. The van der Waals surface area contributed by atoms with Gasteiger partial charge in [-0.2, -0.15) is 0 Å². The Morgan fingerprint density at radius 3 is 2.91 bits per heavy atom. The number of phenols is 1. The summed E-state index contributed by atoms with van der Waals surface area (Å²) in [5.74, 6) is 0.440. The lowest BCUT2D eigenvalue weighted by Gasteiger charge is -2.60. The highest BCUT2D eigenvalue weighted by molar-refractivity contribution is 6.24. The highest BCUT2D eigenvalue weighted by atomic mass is 16.5. The molecule has 3 aromatic rings. The molecule has 1 saturated heterocycles. The third-order valence-corrected chi connectivity index (χ3v) is 8.36. The molecule has 2 bridgehead atoms. The van der Waals surface area contributed by atoms with E-state index in [1.807, 2.05) is 38.1 Å². The van der Waals surface area contributed by atoms with E-state index in [1.165, 1.54) is 0 Å². The monoisotopic (exact) mass is 443 g/mol. The Morgan fingerprint density at radius 1 is 1.21 bits per heavy atom. The Morgan fingerprint density at radius 2 is 2.06 bits per heavy atom. The highest BCUT2D eigenvalue weighted by Gasteiger charge is 2.71. The van der Waals surface area contributed by atoms with Gasteiger partial charge in [0.05, 0.1) is 33.5 Å². The summed E-state index contributed by atoms with van der Waals surface area (Å²) in [6.45, 7) is 4.76. The van der Waals surface area contributed by atoms with Crippen molar-refractivity contribution in [2.75, 3.05) is 11.9 Å². The van der Waals surface area contributed by atoms with Gasteiger partial charge in [-0.3, -0.25) is 4.79 Å². The van der Waals surface area contributed by atoms with Gasteiger partial charge >= 0.3 is 0 Å². The fourth-order valence-corrected chi connectivity index (χ4v) is 7.16. The van der Waals surface area contributed by atoms with E-state index in [2.05, 4.69) is 10.6 Å². The molecule has 4 N–H and O–H groups in total.